The predicted octanol–water partition coefficient (Wildman–Crippen LogP) is 0.566. The summed E-state index contributed by atoms with van der Waals surface area (Å²) in [5.41, 5.74) is 3.29. The number of rotatable bonds is 11. The lowest BCUT2D eigenvalue weighted by molar-refractivity contribution is -0.161. The summed E-state index contributed by atoms with van der Waals surface area (Å²) in [6.45, 7) is 14.1. The number of nitrogen functional groups attached to an aromatic ring is 1. The second-order valence-electron chi connectivity index (χ2n) is 8.08. The Morgan fingerprint density at radius 3 is 2.19 bits per heavy atom. The van der Waals surface area contributed by atoms with Crippen LogP contribution in [0.3, 0.4) is 0 Å². The summed E-state index contributed by atoms with van der Waals surface area (Å²) >= 11 is 0.984. The first kappa shape index (κ1) is 31.2. The molecule has 0 unspecified atom stereocenters. The third-order valence-corrected chi connectivity index (χ3v) is 6.95. The zero-order valence-electron chi connectivity index (χ0n) is 21.1. The van der Waals surface area contributed by atoms with Crippen molar-refractivity contribution in [2.45, 2.75) is 65.6 Å². The average Bonchev–Trinajstić information content (AvgIpc) is 3.21. The van der Waals surface area contributed by atoms with Gasteiger partial charge in [0, 0.05) is 5.38 Å². The second-order valence-corrected chi connectivity index (χ2v) is 10.3. The molecule has 0 radical (unpaired) electrons. The Bertz CT molecular complexity index is 1060. The summed E-state index contributed by atoms with van der Waals surface area (Å²) in [4.78, 5) is 47.1. The number of carbonyl (C=O) groups excluding carboxylic acids is 2. The zero-order chi connectivity index (χ0) is 27.8. The average molecular weight is 551 g/mol. The van der Waals surface area contributed by atoms with Crippen LogP contribution in [0.5, 0.6) is 0 Å². The van der Waals surface area contributed by atoms with Crippen LogP contribution in [0.25, 0.3) is 0 Å². The number of anilines is 1. The molecule has 5 N–H and O–H groups in total. The molecule has 14 nitrogen and oxygen atoms in total. The highest BCUT2D eigenvalue weighted by molar-refractivity contribution is 7.84. The molecule has 0 spiro atoms. The number of aliphatic carboxylic acids is 1. The van der Waals surface area contributed by atoms with Crippen LogP contribution in [0.2, 0.25) is 0 Å². The summed E-state index contributed by atoms with van der Waals surface area (Å²) in [6, 6.07) is -2.25. The largest absolute Gasteiger partial charge is 0.478 e. The monoisotopic (exact) mass is 550 g/mol. The molecule has 0 saturated carbocycles. The van der Waals surface area contributed by atoms with Gasteiger partial charge in [-0.15, -0.1) is 11.3 Å². The molecule has 1 fully saturated rings. The minimum Gasteiger partial charge on any atom is -0.478 e. The molecule has 0 aliphatic carbocycles. The van der Waals surface area contributed by atoms with E-state index in [1.165, 1.54) is 38.9 Å². The first-order chi connectivity index (χ1) is 16.6. The number of carboxylic acids is 1. The summed E-state index contributed by atoms with van der Waals surface area (Å²) in [5, 5.41) is 16.5. The molecule has 0 bridgehead atoms. The van der Waals surface area contributed by atoms with Gasteiger partial charge in [-0.05, 0) is 39.9 Å². The Kier molecular flexibility index (Phi) is 11.2. The number of amides is 2. The van der Waals surface area contributed by atoms with E-state index in [1.807, 2.05) is 0 Å². The van der Waals surface area contributed by atoms with Gasteiger partial charge in [-0.3, -0.25) is 14.1 Å². The number of oxime groups is 1. The van der Waals surface area contributed by atoms with Gasteiger partial charge < -0.3 is 25.9 Å². The third kappa shape index (κ3) is 7.84. The lowest BCUT2D eigenvalue weighted by Gasteiger charge is -2.43. The highest BCUT2D eigenvalue weighted by atomic mass is 32.2. The topological polar surface area (TPSA) is 205 Å². The maximum absolute atomic E-state index is 12.7. The standard InChI is InChI=1S/C14H19N5O8S2.C6H15N/c1-4-7-9(11(21)19(7)29(24,25)26)17-10(20)8(6-5-28-13(15)16-6)18-27-14(2,3)12(22)23;1-4-7(5-2)6-3/h5,7,9H,4H2,1-3H3,(H2,15,16)(H,17,20)(H,22,23)(H,24,25,26);4-6H2,1-3H3/b18-8-;/t7-,9-;/m0./s1. The SMILES string of the molecule is CCN(CC)CC.CC[C@H]1[C@H](NC(=O)/C(=N\OC(C)(C)C(=O)O)c2csc(N)n2)C(=O)N1S(=O)(=O)O. The number of thiazole rings is 1. The fourth-order valence-electron chi connectivity index (χ4n) is 3.04. The van der Waals surface area contributed by atoms with Crippen molar-refractivity contribution >= 4 is 50.3 Å². The van der Waals surface area contributed by atoms with E-state index in [-0.39, 0.29) is 21.6 Å². The Balaban J connectivity index is 0.000000809. The van der Waals surface area contributed by atoms with Gasteiger partial charge in [0.25, 0.3) is 11.8 Å². The van der Waals surface area contributed by atoms with Crippen LogP contribution >= 0.6 is 11.3 Å². The van der Waals surface area contributed by atoms with E-state index in [2.05, 4.69) is 41.1 Å². The van der Waals surface area contributed by atoms with Gasteiger partial charge in [0.1, 0.15) is 11.7 Å². The van der Waals surface area contributed by atoms with Crippen molar-refractivity contribution < 1.29 is 37.3 Å². The molecule has 2 heterocycles. The summed E-state index contributed by atoms with van der Waals surface area (Å²) < 4.78 is 32.0. The van der Waals surface area contributed by atoms with Crippen molar-refractivity contribution in [3.63, 3.8) is 0 Å². The number of hydrogen-bond donors (Lipinski definition) is 4. The quantitative estimate of drug-likeness (QED) is 0.130. The van der Waals surface area contributed by atoms with Crippen molar-refractivity contribution in [1.29, 1.82) is 0 Å². The van der Waals surface area contributed by atoms with Crippen LogP contribution in [0, 0.1) is 0 Å². The number of nitrogens with zero attached hydrogens (tertiary/aromatic N) is 4. The Morgan fingerprint density at radius 2 is 1.83 bits per heavy atom. The molecule has 1 aromatic heterocycles. The molecule has 2 rings (SSSR count). The zero-order valence-corrected chi connectivity index (χ0v) is 22.7. The van der Waals surface area contributed by atoms with E-state index in [0.29, 0.717) is 0 Å². The maximum Gasteiger partial charge on any atom is 0.362 e. The highest BCUT2D eigenvalue weighted by Crippen LogP contribution is 2.26. The molecule has 1 aromatic rings. The number of β-lactam (4-membered cyclic amide) rings is 1. The smallest absolute Gasteiger partial charge is 0.362 e. The van der Waals surface area contributed by atoms with Gasteiger partial charge in [0.2, 0.25) is 5.60 Å². The number of carbonyl (C=O) groups is 3. The van der Waals surface area contributed by atoms with Gasteiger partial charge in [-0.25, -0.2) is 14.1 Å². The van der Waals surface area contributed by atoms with E-state index >= 15 is 0 Å². The Morgan fingerprint density at radius 1 is 1.28 bits per heavy atom. The molecular weight excluding hydrogens is 516 g/mol. The molecule has 1 aliphatic rings. The van der Waals surface area contributed by atoms with Crippen molar-refractivity contribution in [2.24, 2.45) is 5.16 Å². The van der Waals surface area contributed by atoms with E-state index < -0.39 is 51.5 Å². The minimum atomic E-state index is -4.77. The fourth-order valence-corrected chi connectivity index (χ4v) is 4.54. The number of carboxylic acid groups (broad SMARTS) is 1. The summed E-state index contributed by atoms with van der Waals surface area (Å²) in [5.74, 6) is -3.34. The lowest BCUT2D eigenvalue weighted by atomic mass is 9.96. The van der Waals surface area contributed by atoms with Gasteiger partial charge in [-0.1, -0.05) is 32.9 Å². The minimum absolute atomic E-state index is 0.0300. The molecule has 1 saturated heterocycles. The maximum atomic E-state index is 12.7. The van der Waals surface area contributed by atoms with Crippen LogP contribution < -0.4 is 11.1 Å². The molecule has 2 atom stereocenters. The number of hydrogen-bond acceptors (Lipinski definition) is 11. The molecule has 204 valence electrons. The highest BCUT2D eigenvalue weighted by Gasteiger charge is 2.53. The summed E-state index contributed by atoms with van der Waals surface area (Å²) in [6.07, 6.45) is 0.120. The Labute approximate surface area is 214 Å². The van der Waals surface area contributed by atoms with Crippen LogP contribution in [0.15, 0.2) is 10.5 Å². The summed E-state index contributed by atoms with van der Waals surface area (Å²) in [7, 11) is -4.77. The molecule has 1 aliphatic heterocycles. The van der Waals surface area contributed by atoms with Gasteiger partial charge in [-0.2, -0.15) is 8.42 Å². The van der Waals surface area contributed by atoms with Crippen LogP contribution in [-0.4, -0.2) is 93.1 Å². The molecular formula is C20H34N6O8S2. The van der Waals surface area contributed by atoms with Crippen molar-refractivity contribution in [3.8, 4) is 0 Å². The molecule has 2 amide bonds. The van der Waals surface area contributed by atoms with Gasteiger partial charge in [0.15, 0.2) is 10.8 Å². The lowest BCUT2D eigenvalue weighted by Crippen LogP contribution is -2.72. The number of aromatic nitrogens is 1. The van der Waals surface area contributed by atoms with Crippen LogP contribution in [-0.2, 0) is 29.5 Å². The first-order valence-corrected chi connectivity index (χ1v) is 13.5. The second kappa shape index (κ2) is 12.9. The van der Waals surface area contributed by atoms with E-state index in [4.69, 9.17) is 20.2 Å². The van der Waals surface area contributed by atoms with Crippen molar-refractivity contribution in [3.05, 3.63) is 11.1 Å². The van der Waals surface area contributed by atoms with E-state index in [0.717, 1.165) is 11.3 Å². The normalized spacial score (nSPS) is 18.3. The molecule has 36 heavy (non-hydrogen) atoms. The van der Waals surface area contributed by atoms with E-state index in [1.54, 1.807) is 6.92 Å². The van der Waals surface area contributed by atoms with E-state index in [9.17, 15) is 22.8 Å². The first-order valence-electron chi connectivity index (χ1n) is 11.2. The molecule has 0 aromatic carbocycles. The predicted molar refractivity (Wildman–Crippen MR) is 134 cm³/mol. The molecule has 16 heteroatoms. The number of nitrogens with one attached hydrogen (secondary N) is 1. The van der Waals surface area contributed by atoms with Crippen LogP contribution in [0.1, 0.15) is 53.7 Å². The number of nitrogens with two attached hydrogens (primary N) is 1. The van der Waals surface area contributed by atoms with Crippen molar-refractivity contribution in [2.75, 3.05) is 25.4 Å². The van der Waals surface area contributed by atoms with Crippen molar-refractivity contribution in [1.82, 2.24) is 19.5 Å². The Hall–Kier alpha value is -2.82. The van der Waals surface area contributed by atoms with Gasteiger partial charge in [0.05, 0.1) is 6.04 Å². The van der Waals surface area contributed by atoms with Gasteiger partial charge >= 0.3 is 16.3 Å². The fraction of sp³-hybridized carbons (Fsp3) is 0.650. The third-order valence-electron chi connectivity index (χ3n) is 5.32. The van der Waals surface area contributed by atoms with Crippen LogP contribution in [0.4, 0.5) is 5.13 Å².